The lowest BCUT2D eigenvalue weighted by Crippen LogP contribution is -2.49. The van der Waals surface area contributed by atoms with E-state index in [1.54, 1.807) is 0 Å². The Morgan fingerprint density at radius 2 is 2.22 bits per heavy atom. The molecule has 2 heteroatoms. The molecule has 3 rings (SSSR count). The Balaban J connectivity index is 1.81. The molecule has 18 heavy (non-hydrogen) atoms. The highest BCUT2D eigenvalue weighted by molar-refractivity contribution is 5.39. The fourth-order valence-corrected chi connectivity index (χ4v) is 3.44. The second-order valence-corrected chi connectivity index (χ2v) is 5.55. The minimum Gasteiger partial charge on any atom is -0.492 e. The largest absolute Gasteiger partial charge is 0.492 e. The minimum atomic E-state index is 0.611. The van der Waals surface area contributed by atoms with Gasteiger partial charge in [-0.3, -0.25) is 4.90 Å². The van der Waals surface area contributed by atoms with E-state index in [1.165, 1.54) is 44.3 Å². The molecule has 98 valence electrons. The van der Waals surface area contributed by atoms with Crippen molar-refractivity contribution >= 4 is 0 Å². The maximum absolute atomic E-state index is 5.96. The predicted molar refractivity (Wildman–Crippen MR) is 74.2 cm³/mol. The minimum absolute atomic E-state index is 0.611. The van der Waals surface area contributed by atoms with Crippen LogP contribution in [0, 0.1) is 0 Å². The van der Waals surface area contributed by atoms with Crippen LogP contribution < -0.4 is 4.74 Å². The SMILES string of the molecule is CCCCN1CCC[C@H]2c3ccccc3OC[C@@H]21. The van der Waals surface area contributed by atoms with Gasteiger partial charge in [0, 0.05) is 5.92 Å². The molecule has 0 aliphatic carbocycles. The van der Waals surface area contributed by atoms with Crippen LogP contribution in [0.15, 0.2) is 24.3 Å². The molecule has 0 saturated carbocycles. The summed E-state index contributed by atoms with van der Waals surface area (Å²) in [6.07, 6.45) is 5.25. The van der Waals surface area contributed by atoms with Crippen molar-refractivity contribution in [2.24, 2.45) is 0 Å². The zero-order valence-corrected chi connectivity index (χ0v) is 11.3. The molecule has 2 aliphatic rings. The summed E-state index contributed by atoms with van der Waals surface area (Å²) in [5.41, 5.74) is 1.44. The molecule has 0 unspecified atom stereocenters. The Hall–Kier alpha value is -1.02. The Labute approximate surface area is 110 Å². The third-order valence-electron chi connectivity index (χ3n) is 4.42. The lowest BCUT2D eigenvalue weighted by atomic mass is 9.81. The van der Waals surface area contributed by atoms with Gasteiger partial charge in [0.1, 0.15) is 12.4 Å². The first-order valence-electron chi connectivity index (χ1n) is 7.36. The van der Waals surface area contributed by atoms with Crippen molar-refractivity contribution in [2.75, 3.05) is 19.7 Å². The van der Waals surface area contributed by atoms with Gasteiger partial charge in [-0.05, 0) is 44.0 Å². The topological polar surface area (TPSA) is 12.5 Å². The first-order valence-corrected chi connectivity index (χ1v) is 7.36. The van der Waals surface area contributed by atoms with Crippen LogP contribution in [0.25, 0.3) is 0 Å². The van der Waals surface area contributed by atoms with Gasteiger partial charge in [0.15, 0.2) is 0 Å². The summed E-state index contributed by atoms with van der Waals surface area (Å²) in [4.78, 5) is 2.66. The van der Waals surface area contributed by atoms with Crippen molar-refractivity contribution < 1.29 is 4.74 Å². The van der Waals surface area contributed by atoms with Gasteiger partial charge in [0.2, 0.25) is 0 Å². The standard InChI is InChI=1S/C16H23NO/c1-2-3-10-17-11-6-8-13-14-7-4-5-9-16(14)18-12-15(13)17/h4-5,7,9,13,15H,2-3,6,8,10-12H2,1H3/t13-,15-/m0/s1. The summed E-state index contributed by atoms with van der Waals surface area (Å²) >= 11 is 0. The molecule has 1 aromatic carbocycles. The molecular formula is C16H23NO. The van der Waals surface area contributed by atoms with E-state index in [4.69, 9.17) is 4.74 Å². The van der Waals surface area contributed by atoms with E-state index in [-0.39, 0.29) is 0 Å². The van der Waals surface area contributed by atoms with Gasteiger partial charge in [-0.2, -0.15) is 0 Å². The van der Waals surface area contributed by atoms with Crippen molar-refractivity contribution in [1.82, 2.24) is 4.90 Å². The van der Waals surface area contributed by atoms with Gasteiger partial charge in [0.25, 0.3) is 0 Å². The number of hydrogen-bond acceptors (Lipinski definition) is 2. The maximum atomic E-state index is 5.96. The van der Waals surface area contributed by atoms with Crippen molar-refractivity contribution in [3.05, 3.63) is 29.8 Å². The van der Waals surface area contributed by atoms with Crippen LogP contribution in [0.1, 0.15) is 44.1 Å². The summed E-state index contributed by atoms with van der Waals surface area (Å²) in [7, 11) is 0. The molecule has 0 spiro atoms. The van der Waals surface area contributed by atoms with E-state index in [1.807, 2.05) is 0 Å². The average Bonchev–Trinajstić information content (AvgIpc) is 2.44. The number of nitrogens with zero attached hydrogens (tertiary/aromatic N) is 1. The van der Waals surface area contributed by atoms with Gasteiger partial charge in [0.05, 0.1) is 6.04 Å². The Kier molecular flexibility index (Phi) is 3.55. The quantitative estimate of drug-likeness (QED) is 0.809. The van der Waals surface area contributed by atoms with E-state index >= 15 is 0 Å². The van der Waals surface area contributed by atoms with E-state index in [0.717, 1.165) is 12.4 Å². The van der Waals surface area contributed by atoms with Crippen LogP contribution in [0.4, 0.5) is 0 Å². The van der Waals surface area contributed by atoms with Crippen LogP contribution in [-0.2, 0) is 0 Å². The Bertz CT molecular complexity index is 404. The highest BCUT2D eigenvalue weighted by atomic mass is 16.5. The monoisotopic (exact) mass is 245 g/mol. The zero-order chi connectivity index (χ0) is 12.4. The first kappa shape index (κ1) is 12.0. The number of unbranched alkanes of at least 4 members (excludes halogenated alkanes) is 1. The van der Waals surface area contributed by atoms with Gasteiger partial charge in [-0.25, -0.2) is 0 Å². The lowest BCUT2D eigenvalue weighted by Gasteiger charge is -2.44. The van der Waals surface area contributed by atoms with Crippen LogP contribution in [0.2, 0.25) is 0 Å². The van der Waals surface area contributed by atoms with E-state index in [2.05, 4.69) is 36.1 Å². The van der Waals surface area contributed by atoms with Crippen LogP contribution >= 0.6 is 0 Å². The van der Waals surface area contributed by atoms with Gasteiger partial charge >= 0.3 is 0 Å². The number of para-hydroxylation sites is 1. The number of likely N-dealkylation sites (tertiary alicyclic amines) is 1. The first-order chi connectivity index (χ1) is 8.90. The number of rotatable bonds is 3. The molecule has 2 atom stereocenters. The van der Waals surface area contributed by atoms with Gasteiger partial charge < -0.3 is 4.74 Å². The fourth-order valence-electron chi connectivity index (χ4n) is 3.44. The van der Waals surface area contributed by atoms with Crippen molar-refractivity contribution in [3.63, 3.8) is 0 Å². The molecule has 1 saturated heterocycles. The molecular weight excluding hydrogens is 222 g/mol. The molecule has 0 N–H and O–H groups in total. The van der Waals surface area contributed by atoms with Crippen molar-refractivity contribution in [1.29, 1.82) is 0 Å². The summed E-state index contributed by atoms with van der Waals surface area (Å²) in [6, 6.07) is 9.22. The van der Waals surface area contributed by atoms with Crippen LogP contribution in [0.5, 0.6) is 5.75 Å². The molecule has 2 aliphatic heterocycles. The molecule has 0 aromatic heterocycles. The highest BCUT2D eigenvalue weighted by Gasteiger charge is 2.36. The Morgan fingerprint density at radius 3 is 3.11 bits per heavy atom. The number of piperidine rings is 1. The fraction of sp³-hybridized carbons (Fsp3) is 0.625. The molecule has 0 radical (unpaired) electrons. The summed E-state index contributed by atoms with van der Waals surface area (Å²) in [6.45, 7) is 5.65. The third kappa shape index (κ3) is 2.14. The zero-order valence-electron chi connectivity index (χ0n) is 11.3. The number of ether oxygens (including phenoxy) is 1. The normalized spacial score (nSPS) is 27.2. The molecule has 2 nitrogen and oxygen atoms in total. The molecule has 0 bridgehead atoms. The smallest absolute Gasteiger partial charge is 0.122 e. The number of fused-ring (bicyclic) bond motifs is 3. The molecule has 1 fully saturated rings. The van der Waals surface area contributed by atoms with E-state index < -0.39 is 0 Å². The average molecular weight is 245 g/mol. The molecule has 1 aromatic rings. The Morgan fingerprint density at radius 1 is 1.33 bits per heavy atom. The summed E-state index contributed by atoms with van der Waals surface area (Å²) < 4.78 is 5.96. The number of hydrogen-bond donors (Lipinski definition) is 0. The predicted octanol–water partition coefficient (Wildman–Crippen LogP) is 3.43. The van der Waals surface area contributed by atoms with Crippen LogP contribution in [0.3, 0.4) is 0 Å². The molecule has 2 heterocycles. The van der Waals surface area contributed by atoms with Crippen molar-refractivity contribution in [3.8, 4) is 5.75 Å². The third-order valence-corrected chi connectivity index (χ3v) is 4.42. The lowest BCUT2D eigenvalue weighted by molar-refractivity contribution is 0.0648. The van der Waals surface area contributed by atoms with Crippen molar-refractivity contribution in [2.45, 2.75) is 44.6 Å². The van der Waals surface area contributed by atoms with E-state index in [9.17, 15) is 0 Å². The second kappa shape index (κ2) is 5.31. The molecule has 0 amide bonds. The van der Waals surface area contributed by atoms with Gasteiger partial charge in [-0.1, -0.05) is 31.5 Å². The highest BCUT2D eigenvalue weighted by Crippen LogP contribution is 2.40. The van der Waals surface area contributed by atoms with Crippen LogP contribution in [-0.4, -0.2) is 30.6 Å². The summed E-state index contributed by atoms with van der Waals surface area (Å²) in [5, 5.41) is 0. The van der Waals surface area contributed by atoms with Gasteiger partial charge in [-0.15, -0.1) is 0 Å². The second-order valence-electron chi connectivity index (χ2n) is 5.55. The maximum Gasteiger partial charge on any atom is 0.122 e. The van der Waals surface area contributed by atoms with E-state index in [0.29, 0.717) is 12.0 Å². The summed E-state index contributed by atoms with van der Waals surface area (Å²) in [5.74, 6) is 1.82. The number of benzene rings is 1.